The van der Waals surface area contributed by atoms with Crippen LogP contribution in [0.4, 0.5) is 0 Å². The molecular weight excluding hydrogens is 538 g/mol. The summed E-state index contributed by atoms with van der Waals surface area (Å²) in [6, 6.07) is 15.5. The topological polar surface area (TPSA) is 84.9 Å². The molecule has 0 N–H and O–H groups in total. The standard InChI is InChI=1S/C29H28Cl2O6.Na/c1-17(2)36-26-14-20(30)9-6-19(26)4-3-5-25(32)18-7-10-21(11-8-18)37-28-16-27-23(15-24(28)31)22(29(33)34)12-13-35-27;/h6-11,14-17,22H,3-5,12-13H2,1-2H3,(H,33,34);/q;+1/p-1. The summed E-state index contributed by atoms with van der Waals surface area (Å²) in [5.74, 6) is 0.0809. The van der Waals surface area contributed by atoms with Crippen LogP contribution in [-0.2, 0) is 11.2 Å². The Hall–Kier alpha value is -2.22. The number of halogens is 2. The van der Waals surface area contributed by atoms with Crippen molar-refractivity contribution in [1.29, 1.82) is 0 Å². The predicted molar refractivity (Wildman–Crippen MR) is 140 cm³/mol. The van der Waals surface area contributed by atoms with E-state index in [4.69, 9.17) is 37.4 Å². The molecule has 6 nitrogen and oxygen atoms in total. The van der Waals surface area contributed by atoms with Gasteiger partial charge in [-0.25, -0.2) is 0 Å². The summed E-state index contributed by atoms with van der Waals surface area (Å²) in [4.78, 5) is 24.2. The zero-order chi connectivity index (χ0) is 26.5. The van der Waals surface area contributed by atoms with Crippen LogP contribution in [0.3, 0.4) is 0 Å². The fourth-order valence-electron chi connectivity index (χ4n) is 4.23. The molecule has 194 valence electrons. The van der Waals surface area contributed by atoms with Gasteiger partial charge in [0.2, 0.25) is 0 Å². The molecule has 38 heavy (non-hydrogen) atoms. The Morgan fingerprint density at radius 2 is 1.79 bits per heavy atom. The van der Waals surface area contributed by atoms with Gasteiger partial charge in [-0.05, 0) is 81.1 Å². The Labute approximate surface area is 254 Å². The van der Waals surface area contributed by atoms with Crippen LogP contribution < -0.4 is 48.9 Å². The second-order valence-electron chi connectivity index (χ2n) is 9.15. The van der Waals surface area contributed by atoms with E-state index in [-0.39, 0.29) is 53.1 Å². The van der Waals surface area contributed by atoms with Crippen molar-refractivity contribution in [3.8, 4) is 23.0 Å². The van der Waals surface area contributed by atoms with Gasteiger partial charge < -0.3 is 24.1 Å². The van der Waals surface area contributed by atoms with E-state index in [0.29, 0.717) is 59.1 Å². The summed E-state index contributed by atoms with van der Waals surface area (Å²) in [7, 11) is 0. The fraction of sp³-hybridized carbons (Fsp3) is 0.310. The molecule has 0 bridgehead atoms. The minimum Gasteiger partial charge on any atom is -0.549 e. The Morgan fingerprint density at radius 3 is 2.47 bits per heavy atom. The van der Waals surface area contributed by atoms with Crippen molar-refractivity contribution in [1.82, 2.24) is 0 Å². The van der Waals surface area contributed by atoms with Crippen LogP contribution in [0.15, 0.2) is 54.6 Å². The van der Waals surface area contributed by atoms with E-state index in [2.05, 4.69) is 0 Å². The van der Waals surface area contributed by atoms with Gasteiger partial charge in [0.1, 0.15) is 23.0 Å². The predicted octanol–water partition coefficient (Wildman–Crippen LogP) is 3.40. The minimum absolute atomic E-state index is 0. The quantitative estimate of drug-likeness (QED) is 0.277. The molecule has 0 saturated heterocycles. The number of carbonyl (C=O) groups excluding carboxylic acids is 2. The number of benzene rings is 3. The monoisotopic (exact) mass is 564 g/mol. The van der Waals surface area contributed by atoms with Crippen LogP contribution in [-0.4, -0.2) is 24.5 Å². The SMILES string of the molecule is CC(C)Oc1cc(Cl)ccc1CCCC(=O)c1ccc(Oc2cc3c(cc2Cl)C(C(=O)[O-])CCO3)cc1.[Na+]. The molecular formula is C29H27Cl2NaO6. The van der Waals surface area contributed by atoms with Crippen molar-refractivity contribution in [2.45, 2.75) is 51.6 Å². The Balaban J connectivity index is 0.00000400. The number of hydrogen-bond donors (Lipinski definition) is 0. The molecule has 3 aromatic carbocycles. The second-order valence-corrected chi connectivity index (χ2v) is 9.99. The first-order chi connectivity index (χ1) is 17.7. The van der Waals surface area contributed by atoms with Crippen LogP contribution in [0.1, 0.15) is 60.5 Å². The molecule has 0 radical (unpaired) electrons. The first kappa shape index (κ1) is 30.3. The average Bonchev–Trinajstić information content (AvgIpc) is 2.85. The summed E-state index contributed by atoms with van der Waals surface area (Å²) >= 11 is 12.5. The number of ketones is 1. The number of aryl methyl sites for hydroxylation is 1. The largest absolute Gasteiger partial charge is 1.00 e. The number of Topliss-reactive ketones (excluding diaryl/α,β-unsaturated/α-hetero) is 1. The van der Waals surface area contributed by atoms with Gasteiger partial charge in [-0.2, -0.15) is 0 Å². The van der Waals surface area contributed by atoms with Crippen molar-refractivity contribution in [2.24, 2.45) is 0 Å². The normalized spacial score (nSPS) is 14.2. The minimum atomic E-state index is -1.16. The molecule has 0 amide bonds. The van der Waals surface area contributed by atoms with Crippen molar-refractivity contribution < 1.29 is 58.5 Å². The number of rotatable bonds is 10. The van der Waals surface area contributed by atoms with Gasteiger partial charge in [-0.1, -0.05) is 29.3 Å². The maximum Gasteiger partial charge on any atom is 1.00 e. The van der Waals surface area contributed by atoms with E-state index in [1.165, 1.54) is 0 Å². The number of carboxylic acid groups (broad SMARTS) is 1. The third kappa shape index (κ3) is 7.67. The molecule has 1 unspecified atom stereocenters. The Kier molecular flexibility index (Phi) is 10.9. The van der Waals surface area contributed by atoms with E-state index in [0.717, 1.165) is 11.3 Å². The molecule has 0 aliphatic carbocycles. The van der Waals surface area contributed by atoms with Crippen LogP contribution in [0, 0.1) is 0 Å². The summed E-state index contributed by atoms with van der Waals surface area (Å²) < 4.78 is 17.3. The number of ether oxygens (including phenoxy) is 3. The molecule has 0 fully saturated rings. The number of aliphatic carboxylic acids is 1. The van der Waals surface area contributed by atoms with E-state index >= 15 is 0 Å². The summed E-state index contributed by atoms with van der Waals surface area (Å²) in [6.45, 7) is 4.19. The summed E-state index contributed by atoms with van der Waals surface area (Å²) in [5.41, 5.74) is 2.08. The molecule has 1 atom stereocenters. The third-order valence-corrected chi connectivity index (χ3v) is 6.56. The second kappa shape index (κ2) is 13.7. The fourth-order valence-corrected chi connectivity index (χ4v) is 4.60. The number of carbonyl (C=O) groups is 2. The van der Waals surface area contributed by atoms with Gasteiger partial charge in [0.25, 0.3) is 0 Å². The van der Waals surface area contributed by atoms with Crippen LogP contribution in [0.5, 0.6) is 23.0 Å². The summed E-state index contributed by atoms with van der Waals surface area (Å²) in [6.07, 6.45) is 2.11. The molecule has 0 aromatic heterocycles. The first-order valence-electron chi connectivity index (χ1n) is 12.1. The molecule has 1 aliphatic rings. The smallest absolute Gasteiger partial charge is 0.549 e. The van der Waals surface area contributed by atoms with Crippen LogP contribution in [0.25, 0.3) is 0 Å². The molecule has 3 aromatic rings. The van der Waals surface area contributed by atoms with E-state index in [9.17, 15) is 14.7 Å². The molecule has 4 rings (SSSR count). The van der Waals surface area contributed by atoms with Crippen LogP contribution in [0.2, 0.25) is 10.0 Å². The number of carboxylic acids is 1. The van der Waals surface area contributed by atoms with Crippen molar-refractivity contribution >= 4 is 35.0 Å². The molecule has 1 aliphatic heterocycles. The molecule has 1 heterocycles. The van der Waals surface area contributed by atoms with Gasteiger partial charge in [0.05, 0.1) is 17.7 Å². The molecule has 0 saturated carbocycles. The maximum absolute atomic E-state index is 12.7. The zero-order valence-electron chi connectivity index (χ0n) is 21.6. The van der Waals surface area contributed by atoms with Crippen molar-refractivity contribution in [2.75, 3.05) is 6.61 Å². The maximum atomic E-state index is 12.7. The van der Waals surface area contributed by atoms with E-state index in [1.807, 2.05) is 26.0 Å². The van der Waals surface area contributed by atoms with Gasteiger partial charge in [-0.15, -0.1) is 0 Å². The van der Waals surface area contributed by atoms with Crippen molar-refractivity contribution in [3.05, 3.63) is 81.3 Å². The van der Waals surface area contributed by atoms with Gasteiger partial charge in [-0.3, -0.25) is 4.79 Å². The molecule has 0 spiro atoms. The Bertz CT molecular complexity index is 1290. The zero-order valence-corrected chi connectivity index (χ0v) is 25.1. The van der Waals surface area contributed by atoms with E-state index < -0.39 is 11.9 Å². The Morgan fingerprint density at radius 1 is 1.05 bits per heavy atom. The van der Waals surface area contributed by atoms with Gasteiger partial charge >= 0.3 is 29.6 Å². The average molecular weight is 565 g/mol. The third-order valence-electron chi connectivity index (χ3n) is 6.03. The van der Waals surface area contributed by atoms with Gasteiger partial charge in [0, 0.05) is 40.5 Å². The van der Waals surface area contributed by atoms with Gasteiger partial charge in [0.15, 0.2) is 5.78 Å². The summed E-state index contributed by atoms with van der Waals surface area (Å²) in [5, 5.41) is 12.3. The van der Waals surface area contributed by atoms with Crippen molar-refractivity contribution in [3.63, 3.8) is 0 Å². The number of hydrogen-bond acceptors (Lipinski definition) is 6. The van der Waals surface area contributed by atoms with Crippen LogP contribution >= 0.6 is 23.2 Å². The number of fused-ring (bicyclic) bond motifs is 1. The first-order valence-corrected chi connectivity index (χ1v) is 12.9. The van der Waals surface area contributed by atoms with E-state index in [1.54, 1.807) is 42.5 Å². The molecule has 9 heteroatoms.